The molecule has 1 heterocycles. The Bertz CT molecular complexity index is 554. The minimum absolute atomic E-state index is 0.0655. The number of hydrogen-bond acceptors (Lipinski definition) is 3. The molecule has 3 heteroatoms. The molecule has 0 spiro atoms. The first-order chi connectivity index (χ1) is 11.0. The fourth-order valence-electron chi connectivity index (χ4n) is 4.10. The Hall–Kier alpha value is -1.35. The van der Waals surface area contributed by atoms with Gasteiger partial charge in [0.15, 0.2) is 0 Å². The molecule has 3 rings (SSSR count). The highest BCUT2D eigenvalue weighted by molar-refractivity contribution is 5.77. The van der Waals surface area contributed by atoms with Crippen molar-refractivity contribution < 1.29 is 9.53 Å². The quantitative estimate of drug-likeness (QED) is 0.864. The van der Waals surface area contributed by atoms with Crippen LogP contribution in [0.3, 0.4) is 0 Å². The third-order valence-electron chi connectivity index (χ3n) is 5.59. The lowest BCUT2D eigenvalue weighted by Crippen LogP contribution is -2.46. The summed E-state index contributed by atoms with van der Waals surface area (Å²) in [5, 5.41) is 3.35. The van der Waals surface area contributed by atoms with Crippen molar-refractivity contribution in [2.45, 2.75) is 65.1 Å². The molecule has 0 unspecified atom stereocenters. The van der Waals surface area contributed by atoms with Crippen LogP contribution in [0.4, 0.5) is 0 Å². The van der Waals surface area contributed by atoms with E-state index in [1.165, 1.54) is 24.0 Å². The Morgan fingerprint density at radius 1 is 1.22 bits per heavy atom. The summed E-state index contributed by atoms with van der Waals surface area (Å²) in [6.07, 6.45) is 4.27. The number of hydrogen-bond donors (Lipinski definition) is 1. The fraction of sp³-hybridized carbons (Fsp3) is 0.650. The molecule has 1 aromatic carbocycles. The van der Waals surface area contributed by atoms with Gasteiger partial charge in [0.25, 0.3) is 0 Å². The summed E-state index contributed by atoms with van der Waals surface area (Å²) in [6.45, 7) is 7.52. The average Bonchev–Trinajstić information content (AvgIpc) is 2.54. The normalized spacial score (nSPS) is 30.8. The Balaban J connectivity index is 1.64. The highest BCUT2D eigenvalue weighted by atomic mass is 16.5. The standard InChI is InChI=1S/C20H29NO2/c1-13(2)17-9-8-14(3)10-19(17)23-20(22)18-11-15-6-4-5-7-16(15)12-21-18/h4-7,13-14,17-19,21H,8-12H2,1-3H3/t14-,17+,18+,19-/m1/s1. The van der Waals surface area contributed by atoms with Crippen LogP contribution in [0.15, 0.2) is 24.3 Å². The van der Waals surface area contributed by atoms with Crippen LogP contribution in [0.25, 0.3) is 0 Å². The molecule has 0 aromatic heterocycles. The lowest BCUT2D eigenvalue weighted by Gasteiger charge is -2.37. The molecular formula is C20H29NO2. The number of nitrogens with one attached hydrogen (secondary N) is 1. The van der Waals surface area contributed by atoms with Gasteiger partial charge in [-0.25, -0.2) is 0 Å². The van der Waals surface area contributed by atoms with Gasteiger partial charge in [0.2, 0.25) is 0 Å². The summed E-state index contributed by atoms with van der Waals surface area (Å²) in [5.41, 5.74) is 2.56. The van der Waals surface area contributed by atoms with Crippen molar-refractivity contribution in [1.29, 1.82) is 0 Å². The van der Waals surface area contributed by atoms with Gasteiger partial charge in [0, 0.05) is 6.54 Å². The van der Waals surface area contributed by atoms with Crippen molar-refractivity contribution in [3.63, 3.8) is 0 Å². The number of carbonyl (C=O) groups is 1. The second-order valence-corrected chi connectivity index (χ2v) is 7.71. The molecule has 0 amide bonds. The van der Waals surface area contributed by atoms with Gasteiger partial charge in [-0.1, -0.05) is 51.5 Å². The topological polar surface area (TPSA) is 38.3 Å². The summed E-state index contributed by atoms with van der Waals surface area (Å²) in [5.74, 6) is 1.67. The molecule has 1 aliphatic heterocycles. The third-order valence-corrected chi connectivity index (χ3v) is 5.59. The third kappa shape index (κ3) is 3.77. The van der Waals surface area contributed by atoms with E-state index in [0.717, 1.165) is 19.4 Å². The minimum atomic E-state index is -0.199. The molecule has 0 radical (unpaired) electrons. The van der Waals surface area contributed by atoms with Crippen LogP contribution in [0.2, 0.25) is 0 Å². The molecule has 1 aliphatic carbocycles. The maximum Gasteiger partial charge on any atom is 0.323 e. The van der Waals surface area contributed by atoms with Crippen molar-refractivity contribution in [3.05, 3.63) is 35.4 Å². The molecule has 1 aromatic rings. The fourth-order valence-corrected chi connectivity index (χ4v) is 4.10. The van der Waals surface area contributed by atoms with Gasteiger partial charge in [-0.2, -0.15) is 0 Å². The molecule has 0 bridgehead atoms. The van der Waals surface area contributed by atoms with E-state index in [4.69, 9.17) is 4.74 Å². The molecule has 3 nitrogen and oxygen atoms in total. The highest BCUT2D eigenvalue weighted by Gasteiger charge is 2.35. The zero-order valence-electron chi connectivity index (χ0n) is 14.5. The van der Waals surface area contributed by atoms with Crippen LogP contribution in [0.5, 0.6) is 0 Å². The number of fused-ring (bicyclic) bond motifs is 1. The largest absolute Gasteiger partial charge is 0.461 e. The Labute approximate surface area is 139 Å². The number of ether oxygens (including phenoxy) is 1. The van der Waals surface area contributed by atoms with E-state index in [1.54, 1.807) is 0 Å². The van der Waals surface area contributed by atoms with E-state index in [2.05, 4.69) is 44.3 Å². The van der Waals surface area contributed by atoms with Crippen molar-refractivity contribution >= 4 is 5.97 Å². The molecule has 1 N–H and O–H groups in total. The summed E-state index contributed by atoms with van der Waals surface area (Å²) in [4.78, 5) is 12.7. The van der Waals surface area contributed by atoms with Crippen molar-refractivity contribution in [1.82, 2.24) is 5.32 Å². The molecule has 23 heavy (non-hydrogen) atoms. The predicted molar refractivity (Wildman–Crippen MR) is 92.0 cm³/mol. The second kappa shape index (κ2) is 7.04. The zero-order chi connectivity index (χ0) is 16.4. The number of carbonyl (C=O) groups excluding carboxylic acids is 1. The molecule has 2 aliphatic rings. The zero-order valence-corrected chi connectivity index (χ0v) is 14.5. The molecule has 126 valence electrons. The van der Waals surface area contributed by atoms with Crippen LogP contribution in [0, 0.1) is 17.8 Å². The van der Waals surface area contributed by atoms with E-state index >= 15 is 0 Å². The molecule has 4 atom stereocenters. The Morgan fingerprint density at radius 2 is 1.96 bits per heavy atom. The van der Waals surface area contributed by atoms with Crippen LogP contribution in [-0.2, 0) is 22.5 Å². The van der Waals surface area contributed by atoms with Crippen LogP contribution < -0.4 is 5.32 Å². The lowest BCUT2D eigenvalue weighted by molar-refractivity contribution is -0.158. The van der Waals surface area contributed by atoms with Gasteiger partial charge in [-0.05, 0) is 48.1 Å². The summed E-state index contributed by atoms with van der Waals surface area (Å²) in [6, 6.07) is 8.15. The second-order valence-electron chi connectivity index (χ2n) is 7.71. The first-order valence-electron chi connectivity index (χ1n) is 9.05. The monoisotopic (exact) mass is 315 g/mol. The highest BCUT2D eigenvalue weighted by Crippen LogP contribution is 2.35. The number of benzene rings is 1. The maximum atomic E-state index is 12.7. The Kier molecular flexibility index (Phi) is 5.05. The Morgan fingerprint density at radius 3 is 2.70 bits per heavy atom. The van der Waals surface area contributed by atoms with Gasteiger partial charge in [-0.3, -0.25) is 4.79 Å². The van der Waals surface area contributed by atoms with Gasteiger partial charge >= 0.3 is 5.97 Å². The van der Waals surface area contributed by atoms with Crippen LogP contribution in [-0.4, -0.2) is 18.1 Å². The first kappa shape index (κ1) is 16.5. The van der Waals surface area contributed by atoms with E-state index in [1.807, 2.05) is 6.07 Å². The lowest BCUT2D eigenvalue weighted by atomic mass is 9.75. The maximum absolute atomic E-state index is 12.7. The average molecular weight is 315 g/mol. The van der Waals surface area contributed by atoms with E-state index in [0.29, 0.717) is 17.8 Å². The molecule has 1 saturated carbocycles. The van der Waals surface area contributed by atoms with Crippen molar-refractivity contribution in [3.8, 4) is 0 Å². The first-order valence-corrected chi connectivity index (χ1v) is 9.05. The van der Waals surface area contributed by atoms with E-state index in [-0.39, 0.29) is 18.1 Å². The van der Waals surface area contributed by atoms with E-state index in [9.17, 15) is 4.79 Å². The number of esters is 1. The molecule has 1 fully saturated rings. The molecule has 0 saturated heterocycles. The van der Waals surface area contributed by atoms with Gasteiger partial charge in [0.1, 0.15) is 12.1 Å². The van der Waals surface area contributed by atoms with Gasteiger partial charge in [-0.15, -0.1) is 0 Å². The summed E-state index contributed by atoms with van der Waals surface area (Å²) in [7, 11) is 0. The van der Waals surface area contributed by atoms with Crippen molar-refractivity contribution in [2.75, 3.05) is 0 Å². The molecular weight excluding hydrogens is 286 g/mol. The van der Waals surface area contributed by atoms with Gasteiger partial charge in [0.05, 0.1) is 0 Å². The SMILES string of the molecule is CC(C)[C@@H]1CC[C@@H](C)C[C@H]1OC(=O)[C@@H]1Cc2ccccc2CN1. The number of rotatable bonds is 3. The summed E-state index contributed by atoms with van der Waals surface area (Å²) >= 11 is 0. The minimum Gasteiger partial charge on any atom is -0.461 e. The van der Waals surface area contributed by atoms with Crippen LogP contribution in [0.1, 0.15) is 51.2 Å². The summed E-state index contributed by atoms with van der Waals surface area (Å²) < 4.78 is 5.99. The van der Waals surface area contributed by atoms with Gasteiger partial charge < -0.3 is 10.1 Å². The van der Waals surface area contributed by atoms with Crippen molar-refractivity contribution in [2.24, 2.45) is 17.8 Å². The predicted octanol–water partition coefficient (Wildman–Crippen LogP) is 3.70. The smallest absolute Gasteiger partial charge is 0.323 e. The van der Waals surface area contributed by atoms with Crippen LogP contribution >= 0.6 is 0 Å². The van der Waals surface area contributed by atoms with E-state index < -0.39 is 0 Å².